The number of ether oxygens (including phenoxy) is 1. The predicted octanol–water partition coefficient (Wildman–Crippen LogP) is 4.83. The van der Waals surface area contributed by atoms with Gasteiger partial charge in [-0.15, -0.1) is 13.2 Å². The number of benzene rings is 2. The topological polar surface area (TPSA) is 44.8 Å². The summed E-state index contributed by atoms with van der Waals surface area (Å²) in [5, 5.41) is 3.21. The molecule has 1 atom stereocenters. The summed E-state index contributed by atoms with van der Waals surface area (Å²) >= 11 is 0. The minimum Gasteiger partial charge on any atom is -0.406 e. The Kier molecular flexibility index (Phi) is 8.11. The lowest BCUT2D eigenvalue weighted by Gasteiger charge is -2.33. The number of likely N-dealkylation sites (tertiary alicyclic amines) is 1. The van der Waals surface area contributed by atoms with Gasteiger partial charge in [0.2, 0.25) is 5.91 Å². The molecule has 0 saturated carbocycles. The largest absolute Gasteiger partial charge is 0.573 e. The Morgan fingerprint density at radius 2 is 1.82 bits per heavy atom. The number of rotatable bonds is 8. The van der Waals surface area contributed by atoms with Crippen LogP contribution < -0.4 is 15.0 Å². The van der Waals surface area contributed by atoms with Crippen LogP contribution in [0.5, 0.6) is 5.75 Å². The van der Waals surface area contributed by atoms with Gasteiger partial charge < -0.3 is 15.0 Å². The van der Waals surface area contributed by atoms with Crippen LogP contribution in [0.3, 0.4) is 0 Å². The first kappa shape index (κ1) is 24.5. The monoisotopic (exact) mass is 475 g/mol. The predicted molar refractivity (Wildman–Crippen MR) is 126 cm³/mol. The van der Waals surface area contributed by atoms with Gasteiger partial charge in [0.05, 0.1) is 5.92 Å². The zero-order chi connectivity index (χ0) is 24.0. The van der Waals surface area contributed by atoms with E-state index in [0.717, 1.165) is 51.9 Å². The van der Waals surface area contributed by atoms with Crippen molar-refractivity contribution in [2.24, 2.45) is 11.8 Å². The number of nitrogens with one attached hydrogen (secondary N) is 1. The SMILES string of the molecule is O=C([C@H]1CCNC1)N(CCC1CCN(Cc2ccccc2)CC1)c1cccc(OC(F)(F)F)c1. The molecular formula is C26H32F3N3O2. The second-order valence-electron chi connectivity index (χ2n) is 9.22. The summed E-state index contributed by atoms with van der Waals surface area (Å²) in [5.74, 6) is -0.00390. The summed E-state index contributed by atoms with van der Waals surface area (Å²) in [7, 11) is 0. The number of nitrogens with zero attached hydrogens (tertiary/aromatic N) is 2. The number of halogens is 3. The van der Waals surface area contributed by atoms with Gasteiger partial charge in [0, 0.05) is 31.4 Å². The van der Waals surface area contributed by atoms with Crippen LogP contribution in [-0.4, -0.2) is 49.9 Å². The molecule has 8 heteroatoms. The standard InChI is InChI=1S/C26H32F3N3O2/c27-26(28,29)34-24-8-4-7-23(17-24)32(25(33)22-9-13-30-18-22)16-12-20-10-14-31(15-11-20)19-21-5-2-1-3-6-21/h1-8,17,20,22,30H,9-16,18-19H2/t22-/m0/s1. The van der Waals surface area contributed by atoms with E-state index in [1.165, 1.54) is 23.8 Å². The van der Waals surface area contributed by atoms with Crippen molar-refractivity contribution < 1.29 is 22.7 Å². The van der Waals surface area contributed by atoms with Gasteiger partial charge in [-0.3, -0.25) is 9.69 Å². The molecule has 4 rings (SSSR count). The number of carbonyl (C=O) groups is 1. The van der Waals surface area contributed by atoms with Gasteiger partial charge in [0.15, 0.2) is 0 Å². The first-order valence-electron chi connectivity index (χ1n) is 12.0. The highest BCUT2D eigenvalue weighted by molar-refractivity contribution is 5.95. The van der Waals surface area contributed by atoms with Crippen LogP contribution in [0.15, 0.2) is 54.6 Å². The lowest BCUT2D eigenvalue weighted by molar-refractivity contribution is -0.274. The molecule has 0 spiro atoms. The summed E-state index contributed by atoms with van der Waals surface area (Å²) in [6.45, 7) is 4.84. The van der Waals surface area contributed by atoms with E-state index in [4.69, 9.17) is 0 Å². The Bertz CT molecular complexity index is 924. The molecule has 0 aromatic heterocycles. The number of alkyl halides is 3. The van der Waals surface area contributed by atoms with Gasteiger partial charge >= 0.3 is 6.36 Å². The maximum atomic E-state index is 13.3. The van der Waals surface area contributed by atoms with Crippen molar-refractivity contribution in [2.75, 3.05) is 37.6 Å². The van der Waals surface area contributed by atoms with Gasteiger partial charge in [-0.1, -0.05) is 36.4 Å². The van der Waals surface area contributed by atoms with Crippen LogP contribution in [0, 0.1) is 11.8 Å². The van der Waals surface area contributed by atoms with E-state index in [1.807, 2.05) is 6.07 Å². The van der Waals surface area contributed by atoms with Gasteiger partial charge in [-0.25, -0.2) is 0 Å². The highest BCUT2D eigenvalue weighted by Crippen LogP contribution is 2.30. The molecule has 0 radical (unpaired) electrons. The normalized spacial score (nSPS) is 19.8. The van der Waals surface area contributed by atoms with Crippen molar-refractivity contribution in [1.82, 2.24) is 10.2 Å². The highest BCUT2D eigenvalue weighted by atomic mass is 19.4. The lowest BCUT2D eigenvalue weighted by Crippen LogP contribution is -2.40. The molecule has 34 heavy (non-hydrogen) atoms. The molecule has 2 aromatic carbocycles. The van der Waals surface area contributed by atoms with Crippen LogP contribution in [0.4, 0.5) is 18.9 Å². The van der Waals surface area contributed by atoms with E-state index in [9.17, 15) is 18.0 Å². The Hall–Kier alpha value is -2.58. The number of anilines is 1. The highest BCUT2D eigenvalue weighted by Gasteiger charge is 2.32. The van der Waals surface area contributed by atoms with Crippen molar-refractivity contribution in [1.29, 1.82) is 0 Å². The molecule has 2 aromatic rings. The fourth-order valence-electron chi connectivity index (χ4n) is 4.89. The number of carbonyl (C=O) groups excluding carboxylic acids is 1. The Morgan fingerprint density at radius 3 is 2.50 bits per heavy atom. The number of hydrogen-bond acceptors (Lipinski definition) is 4. The molecule has 1 N–H and O–H groups in total. The van der Waals surface area contributed by atoms with E-state index >= 15 is 0 Å². The molecule has 184 valence electrons. The fraction of sp³-hybridized carbons (Fsp3) is 0.500. The fourth-order valence-corrected chi connectivity index (χ4v) is 4.89. The number of piperidine rings is 1. The van der Waals surface area contributed by atoms with E-state index in [-0.39, 0.29) is 17.6 Å². The van der Waals surface area contributed by atoms with Gasteiger partial charge in [-0.2, -0.15) is 0 Å². The molecule has 5 nitrogen and oxygen atoms in total. The van der Waals surface area contributed by atoms with Gasteiger partial charge in [-0.05, 0) is 68.9 Å². The lowest BCUT2D eigenvalue weighted by atomic mass is 9.92. The molecule has 2 aliphatic heterocycles. The molecule has 0 bridgehead atoms. The third-order valence-electron chi connectivity index (χ3n) is 6.76. The first-order valence-corrected chi connectivity index (χ1v) is 12.0. The smallest absolute Gasteiger partial charge is 0.406 e. The van der Waals surface area contributed by atoms with Gasteiger partial charge in [0.1, 0.15) is 5.75 Å². The third kappa shape index (κ3) is 6.96. The minimum atomic E-state index is -4.77. The second kappa shape index (κ2) is 11.2. The molecule has 2 fully saturated rings. The van der Waals surface area contributed by atoms with Crippen LogP contribution in [0.2, 0.25) is 0 Å². The van der Waals surface area contributed by atoms with Crippen LogP contribution in [-0.2, 0) is 11.3 Å². The van der Waals surface area contributed by atoms with Crippen molar-refractivity contribution in [2.45, 2.75) is 38.6 Å². The summed E-state index contributed by atoms with van der Waals surface area (Å²) < 4.78 is 42.3. The van der Waals surface area contributed by atoms with Crippen molar-refractivity contribution in [3.8, 4) is 5.75 Å². The molecule has 2 heterocycles. The Labute approximate surface area is 198 Å². The van der Waals surface area contributed by atoms with Gasteiger partial charge in [0.25, 0.3) is 0 Å². The maximum absolute atomic E-state index is 13.3. The van der Waals surface area contributed by atoms with Crippen LogP contribution in [0.1, 0.15) is 31.2 Å². The molecule has 1 amide bonds. The van der Waals surface area contributed by atoms with Crippen molar-refractivity contribution >= 4 is 11.6 Å². The molecular weight excluding hydrogens is 443 g/mol. The quantitative estimate of drug-likeness (QED) is 0.594. The maximum Gasteiger partial charge on any atom is 0.573 e. The Morgan fingerprint density at radius 1 is 1.06 bits per heavy atom. The summed E-state index contributed by atoms with van der Waals surface area (Å²) in [6.07, 6.45) is -1.09. The average molecular weight is 476 g/mol. The van der Waals surface area contributed by atoms with E-state index in [0.29, 0.717) is 24.7 Å². The van der Waals surface area contributed by atoms with Crippen LogP contribution in [0.25, 0.3) is 0 Å². The van der Waals surface area contributed by atoms with Crippen molar-refractivity contribution in [3.05, 3.63) is 60.2 Å². The number of amides is 1. The zero-order valence-electron chi connectivity index (χ0n) is 19.3. The van der Waals surface area contributed by atoms with E-state index in [1.54, 1.807) is 11.0 Å². The summed E-state index contributed by atoms with van der Waals surface area (Å²) in [4.78, 5) is 17.4. The van der Waals surface area contributed by atoms with Crippen molar-refractivity contribution in [3.63, 3.8) is 0 Å². The summed E-state index contributed by atoms with van der Waals surface area (Å²) in [6, 6.07) is 16.2. The Balaban J connectivity index is 1.38. The van der Waals surface area contributed by atoms with E-state index in [2.05, 4.69) is 39.2 Å². The number of hydrogen-bond donors (Lipinski definition) is 1. The minimum absolute atomic E-state index is 0.0318. The molecule has 2 aliphatic rings. The molecule has 0 aliphatic carbocycles. The average Bonchev–Trinajstić information content (AvgIpc) is 3.35. The third-order valence-corrected chi connectivity index (χ3v) is 6.76. The van der Waals surface area contributed by atoms with Crippen LogP contribution >= 0.6 is 0 Å². The second-order valence-corrected chi connectivity index (χ2v) is 9.22. The summed E-state index contributed by atoms with van der Waals surface area (Å²) in [5.41, 5.74) is 1.77. The van der Waals surface area contributed by atoms with E-state index < -0.39 is 6.36 Å². The zero-order valence-corrected chi connectivity index (χ0v) is 19.3. The molecule has 0 unspecified atom stereocenters. The first-order chi connectivity index (χ1) is 16.4. The molecule has 2 saturated heterocycles.